The number of esters is 1. The molecule has 0 aliphatic carbocycles. The third kappa shape index (κ3) is 4.77. The fourth-order valence-corrected chi connectivity index (χ4v) is 2.64. The summed E-state index contributed by atoms with van der Waals surface area (Å²) in [5.74, 6) is -0.573. The molecule has 0 unspecified atom stereocenters. The molecule has 0 bridgehead atoms. The maximum Gasteiger partial charge on any atom is 0.338 e. The van der Waals surface area contributed by atoms with Gasteiger partial charge in [-0.2, -0.15) is 0 Å². The van der Waals surface area contributed by atoms with Crippen LogP contribution in [0.25, 0.3) is 6.08 Å². The van der Waals surface area contributed by atoms with Crippen molar-refractivity contribution in [2.75, 3.05) is 13.7 Å². The largest absolute Gasteiger partial charge is 0.458 e. The highest BCUT2D eigenvalue weighted by Crippen LogP contribution is 2.12. The minimum atomic E-state index is -3.59. The quantitative estimate of drug-likeness (QED) is 0.825. The van der Waals surface area contributed by atoms with Crippen LogP contribution in [0.4, 0.5) is 0 Å². The average Bonchev–Trinajstić information content (AvgIpc) is 2.59. The second kappa shape index (κ2) is 7.71. The molecule has 5 nitrogen and oxygen atoms in total. The monoisotopic (exact) mass is 331 g/mol. The average molecular weight is 331 g/mol. The number of sulfonamides is 1. The van der Waals surface area contributed by atoms with Crippen molar-refractivity contribution in [3.05, 3.63) is 71.8 Å². The summed E-state index contributed by atoms with van der Waals surface area (Å²) in [5, 5.41) is 0. The number of hydrogen-bond acceptors (Lipinski definition) is 4. The molecular weight excluding hydrogens is 314 g/mol. The van der Waals surface area contributed by atoms with E-state index in [9.17, 15) is 13.2 Å². The summed E-state index contributed by atoms with van der Waals surface area (Å²) in [4.78, 5) is 12.0. The van der Waals surface area contributed by atoms with Gasteiger partial charge in [-0.25, -0.2) is 17.9 Å². The third-order valence-corrected chi connectivity index (χ3v) is 4.48. The lowest BCUT2D eigenvalue weighted by molar-refractivity contribution is 0.0550. The molecule has 23 heavy (non-hydrogen) atoms. The Balaban J connectivity index is 1.99. The van der Waals surface area contributed by atoms with Crippen molar-refractivity contribution in [3.8, 4) is 0 Å². The zero-order chi connectivity index (χ0) is 16.7. The first-order valence-electron chi connectivity index (χ1n) is 6.95. The van der Waals surface area contributed by atoms with Crippen molar-refractivity contribution >= 4 is 22.1 Å². The van der Waals surface area contributed by atoms with Gasteiger partial charge in [-0.1, -0.05) is 42.5 Å². The Labute approximate surface area is 135 Å². The second-order valence-corrected chi connectivity index (χ2v) is 6.53. The number of carbonyl (C=O) groups excluding carboxylic acids is 1. The first-order chi connectivity index (χ1) is 11.0. The zero-order valence-electron chi connectivity index (χ0n) is 12.6. The third-order valence-electron chi connectivity index (χ3n) is 3.07. The van der Waals surface area contributed by atoms with Gasteiger partial charge in [-0.15, -0.1) is 0 Å². The van der Waals surface area contributed by atoms with Crippen LogP contribution in [0.15, 0.2) is 65.6 Å². The van der Waals surface area contributed by atoms with Gasteiger partial charge in [0.25, 0.3) is 0 Å². The van der Waals surface area contributed by atoms with Crippen LogP contribution in [0, 0.1) is 0 Å². The van der Waals surface area contributed by atoms with Crippen LogP contribution >= 0.6 is 0 Å². The van der Waals surface area contributed by atoms with Gasteiger partial charge >= 0.3 is 5.97 Å². The molecule has 0 aromatic heterocycles. The van der Waals surface area contributed by atoms with Crippen molar-refractivity contribution in [1.29, 1.82) is 0 Å². The van der Waals surface area contributed by atoms with E-state index in [1.165, 1.54) is 31.3 Å². The molecule has 0 radical (unpaired) electrons. The molecule has 0 fully saturated rings. The summed E-state index contributed by atoms with van der Waals surface area (Å²) in [6.07, 6.45) is 3.57. The van der Waals surface area contributed by atoms with Crippen molar-refractivity contribution in [3.63, 3.8) is 0 Å². The molecule has 1 N–H and O–H groups in total. The highest BCUT2D eigenvalue weighted by molar-refractivity contribution is 7.89. The van der Waals surface area contributed by atoms with E-state index in [1.54, 1.807) is 6.08 Å². The van der Waals surface area contributed by atoms with E-state index in [-0.39, 0.29) is 17.1 Å². The van der Waals surface area contributed by atoms with E-state index in [0.29, 0.717) is 0 Å². The van der Waals surface area contributed by atoms with E-state index >= 15 is 0 Å². The first kappa shape index (κ1) is 16.9. The fraction of sp³-hybridized carbons (Fsp3) is 0.118. The highest BCUT2D eigenvalue weighted by atomic mass is 32.2. The van der Waals surface area contributed by atoms with Gasteiger partial charge in [-0.3, -0.25) is 0 Å². The smallest absolute Gasteiger partial charge is 0.338 e. The molecule has 0 saturated heterocycles. The Hall–Kier alpha value is -2.44. The van der Waals surface area contributed by atoms with Crippen LogP contribution in [0.3, 0.4) is 0 Å². The molecule has 0 aliphatic heterocycles. The lowest BCUT2D eigenvalue weighted by Crippen LogP contribution is -2.19. The summed E-state index contributed by atoms with van der Waals surface area (Å²) in [6, 6.07) is 15.3. The SMILES string of the molecule is CNS(=O)(=O)c1cccc(C(=O)OC/C=C/c2ccccc2)c1. The van der Waals surface area contributed by atoms with Crippen LogP contribution in [0.1, 0.15) is 15.9 Å². The van der Waals surface area contributed by atoms with Crippen molar-refractivity contribution < 1.29 is 17.9 Å². The Morgan fingerprint density at radius 3 is 2.57 bits per heavy atom. The van der Waals surface area contributed by atoms with Crippen LogP contribution in [-0.4, -0.2) is 28.0 Å². The number of rotatable bonds is 6. The van der Waals surface area contributed by atoms with Crippen LogP contribution in [0.5, 0.6) is 0 Å². The number of nitrogens with one attached hydrogen (secondary N) is 1. The van der Waals surface area contributed by atoms with Gasteiger partial charge in [0.05, 0.1) is 10.5 Å². The topological polar surface area (TPSA) is 72.5 Å². The van der Waals surface area contributed by atoms with Crippen molar-refractivity contribution in [1.82, 2.24) is 4.72 Å². The van der Waals surface area contributed by atoms with Crippen molar-refractivity contribution in [2.24, 2.45) is 0 Å². The lowest BCUT2D eigenvalue weighted by atomic mass is 10.2. The molecular formula is C17H17NO4S. The number of carbonyl (C=O) groups is 1. The molecule has 120 valence electrons. The van der Waals surface area contributed by atoms with Gasteiger partial charge in [0, 0.05) is 0 Å². The fourth-order valence-electron chi connectivity index (χ4n) is 1.86. The zero-order valence-corrected chi connectivity index (χ0v) is 13.4. The van der Waals surface area contributed by atoms with Gasteiger partial charge in [0.15, 0.2) is 0 Å². The minimum Gasteiger partial charge on any atom is -0.458 e. The number of ether oxygens (including phenoxy) is 1. The molecule has 0 atom stereocenters. The van der Waals surface area contributed by atoms with E-state index in [0.717, 1.165) is 5.56 Å². The Kier molecular flexibility index (Phi) is 5.67. The van der Waals surface area contributed by atoms with Crippen LogP contribution in [0.2, 0.25) is 0 Å². The number of hydrogen-bond donors (Lipinski definition) is 1. The van der Waals surface area contributed by atoms with Crippen LogP contribution < -0.4 is 4.72 Å². The molecule has 2 rings (SSSR count). The van der Waals surface area contributed by atoms with E-state index in [1.807, 2.05) is 36.4 Å². The standard InChI is InChI=1S/C17H17NO4S/c1-18-23(20,21)16-11-5-10-15(13-16)17(19)22-12-6-9-14-7-3-2-4-8-14/h2-11,13,18H,12H2,1H3/b9-6+. The predicted molar refractivity (Wildman–Crippen MR) is 88.4 cm³/mol. The summed E-state index contributed by atoms with van der Waals surface area (Å²) in [6.45, 7) is 0.108. The first-order valence-corrected chi connectivity index (χ1v) is 8.43. The summed E-state index contributed by atoms with van der Waals surface area (Å²) in [5.41, 5.74) is 1.19. The molecule has 0 amide bonds. The lowest BCUT2D eigenvalue weighted by Gasteiger charge is -2.05. The van der Waals surface area contributed by atoms with E-state index in [4.69, 9.17) is 4.74 Å². The minimum absolute atomic E-state index is 0.0225. The highest BCUT2D eigenvalue weighted by Gasteiger charge is 2.14. The van der Waals surface area contributed by atoms with Gasteiger partial charge in [0.1, 0.15) is 6.61 Å². The molecule has 6 heteroatoms. The second-order valence-electron chi connectivity index (χ2n) is 4.65. The maximum atomic E-state index is 12.0. The van der Waals surface area contributed by atoms with Gasteiger partial charge in [-0.05, 0) is 36.9 Å². The van der Waals surface area contributed by atoms with Gasteiger partial charge in [0.2, 0.25) is 10.0 Å². The maximum absolute atomic E-state index is 12.0. The molecule has 0 saturated carbocycles. The van der Waals surface area contributed by atoms with E-state index in [2.05, 4.69) is 4.72 Å². The summed E-state index contributed by atoms with van der Waals surface area (Å²) in [7, 11) is -2.27. The Morgan fingerprint density at radius 1 is 1.13 bits per heavy atom. The van der Waals surface area contributed by atoms with Crippen molar-refractivity contribution in [2.45, 2.75) is 4.90 Å². The molecule has 0 aliphatic rings. The molecule has 0 spiro atoms. The number of benzene rings is 2. The summed E-state index contributed by atoms with van der Waals surface area (Å²) >= 11 is 0. The molecule has 2 aromatic rings. The molecule has 0 heterocycles. The predicted octanol–water partition coefficient (Wildman–Crippen LogP) is 2.46. The van der Waals surface area contributed by atoms with Crippen LogP contribution in [-0.2, 0) is 14.8 Å². The Morgan fingerprint density at radius 2 is 1.87 bits per heavy atom. The summed E-state index contributed by atoms with van der Waals surface area (Å²) < 4.78 is 30.8. The van der Waals surface area contributed by atoms with Gasteiger partial charge < -0.3 is 4.74 Å². The molecule has 2 aromatic carbocycles. The van der Waals surface area contributed by atoms with E-state index < -0.39 is 16.0 Å². The normalized spacial score (nSPS) is 11.5. The Bertz CT molecular complexity index is 798.